The van der Waals surface area contributed by atoms with Crippen LogP contribution in [0.5, 0.6) is 5.75 Å². The van der Waals surface area contributed by atoms with Gasteiger partial charge in [-0.15, -0.1) is 0 Å². The van der Waals surface area contributed by atoms with E-state index in [-0.39, 0.29) is 17.8 Å². The molecular weight excluding hydrogens is 271 g/mol. The molecule has 1 aliphatic heterocycles. The third-order valence-electron chi connectivity index (χ3n) is 4.29. The fraction of sp³-hybridized carbons (Fsp3) is 0.562. The number of carbonyl (C=O) groups excluding carboxylic acids is 1. The molecule has 1 saturated heterocycles. The van der Waals surface area contributed by atoms with Crippen molar-refractivity contribution in [3.8, 4) is 5.75 Å². The minimum atomic E-state index is -0.491. The van der Waals surface area contributed by atoms with Crippen LogP contribution in [0.3, 0.4) is 0 Å². The second-order valence-corrected chi connectivity index (χ2v) is 5.55. The first-order valence-electron chi connectivity index (χ1n) is 7.42. The molecule has 1 aromatic carbocycles. The van der Waals surface area contributed by atoms with Crippen LogP contribution in [-0.4, -0.2) is 25.1 Å². The van der Waals surface area contributed by atoms with Gasteiger partial charge in [-0.2, -0.15) is 0 Å². The Labute approximate surface area is 125 Å². The maximum atomic E-state index is 13.4. The summed E-state index contributed by atoms with van der Waals surface area (Å²) in [6.45, 7) is 4.71. The molecule has 116 valence electrons. The summed E-state index contributed by atoms with van der Waals surface area (Å²) in [4.78, 5) is 12.6. The van der Waals surface area contributed by atoms with E-state index >= 15 is 0 Å². The zero-order valence-electron chi connectivity index (χ0n) is 12.8. The monoisotopic (exact) mass is 294 g/mol. The van der Waals surface area contributed by atoms with Crippen LogP contribution in [0.15, 0.2) is 18.2 Å². The molecule has 1 fully saturated rings. The normalized spacial score (nSPS) is 22.9. The SMILES string of the molecule is CCC1(C(=O)NC(C)c2cc(F)ccc2OC)CCCN1. The molecule has 0 spiro atoms. The van der Waals surface area contributed by atoms with Crippen LogP contribution in [-0.2, 0) is 4.79 Å². The van der Waals surface area contributed by atoms with Gasteiger partial charge < -0.3 is 15.4 Å². The van der Waals surface area contributed by atoms with Gasteiger partial charge in [-0.3, -0.25) is 4.79 Å². The van der Waals surface area contributed by atoms with Gasteiger partial charge >= 0.3 is 0 Å². The first kappa shape index (κ1) is 15.8. The second-order valence-electron chi connectivity index (χ2n) is 5.55. The van der Waals surface area contributed by atoms with Crippen molar-refractivity contribution >= 4 is 5.91 Å². The molecule has 1 amide bonds. The third-order valence-corrected chi connectivity index (χ3v) is 4.29. The Bertz CT molecular complexity index is 513. The molecule has 0 aliphatic carbocycles. The smallest absolute Gasteiger partial charge is 0.240 e. The zero-order valence-corrected chi connectivity index (χ0v) is 12.8. The van der Waals surface area contributed by atoms with Gasteiger partial charge in [-0.25, -0.2) is 4.39 Å². The summed E-state index contributed by atoms with van der Waals surface area (Å²) in [5.41, 5.74) is 0.157. The van der Waals surface area contributed by atoms with Crippen LogP contribution in [0, 0.1) is 5.82 Å². The van der Waals surface area contributed by atoms with Crippen molar-refractivity contribution in [1.82, 2.24) is 10.6 Å². The summed E-state index contributed by atoms with van der Waals surface area (Å²) in [5, 5.41) is 6.28. The van der Waals surface area contributed by atoms with Gasteiger partial charge in [-0.05, 0) is 50.9 Å². The molecule has 2 unspecified atom stereocenters. The highest BCUT2D eigenvalue weighted by Gasteiger charge is 2.39. The number of methoxy groups -OCH3 is 1. The summed E-state index contributed by atoms with van der Waals surface area (Å²) in [6.07, 6.45) is 2.58. The Balaban J connectivity index is 2.16. The van der Waals surface area contributed by atoms with Gasteiger partial charge in [0.25, 0.3) is 0 Å². The number of hydrogen-bond donors (Lipinski definition) is 2. The fourth-order valence-electron chi connectivity index (χ4n) is 2.92. The minimum absolute atomic E-state index is 0.0266. The molecule has 1 aliphatic rings. The van der Waals surface area contributed by atoms with Crippen LogP contribution in [0.4, 0.5) is 4.39 Å². The van der Waals surface area contributed by atoms with Crippen molar-refractivity contribution in [2.45, 2.75) is 44.7 Å². The molecular formula is C16H23FN2O2. The summed E-state index contributed by atoms with van der Waals surface area (Å²) in [7, 11) is 1.54. The number of halogens is 1. The number of benzene rings is 1. The number of rotatable bonds is 5. The number of hydrogen-bond acceptors (Lipinski definition) is 3. The van der Waals surface area contributed by atoms with Crippen molar-refractivity contribution in [3.63, 3.8) is 0 Å². The van der Waals surface area contributed by atoms with Crippen molar-refractivity contribution < 1.29 is 13.9 Å². The van der Waals surface area contributed by atoms with E-state index in [1.54, 1.807) is 6.07 Å². The third kappa shape index (κ3) is 3.18. The summed E-state index contributed by atoms with van der Waals surface area (Å²) < 4.78 is 18.7. The predicted octanol–water partition coefficient (Wildman–Crippen LogP) is 2.54. The summed E-state index contributed by atoms with van der Waals surface area (Å²) in [5.74, 6) is 0.214. The lowest BCUT2D eigenvalue weighted by atomic mass is 9.92. The number of nitrogens with one attached hydrogen (secondary N) is 2. The molecule has 4 nitrogen and oxygen atoms in total. The number of ether oxygens (including phenoxy) is 1. The van der Waals surface area contributed by atoms with Crippen LogP contribution in [0.1, 0.15) is 44.7 Å². The summed E-state index contributed by atoms with van der Waals surface area (Å²) >= 11 is 0. The van der Waals surface area contributed by atoms with Gasteiger partial charge in [0.2, 0.25) is 5.91 Å². The van der Waals surface area contributed by atoms with E-state index in [1.807, 2.05) is 13.8 Å². The second kappa shape index (κ2) is 6.43. The standard InChI is InChI=1S/C16H23FN2O2/c1-4-16(8-5-9-18-16)15(20)19-11(2)13-10-12(17)6-7-14(13)21-3/h6-7,10-11,18H,4-5,8-9H2,1-3H3,(H,19,20). The van der Waals surface area contributed by atoms with Gasteiger partial charge in [0, 0.05) is 5.56 Å². The topological polar surface area (TPSA) is 50.4 Å². The van der Waals surface area contributed by atoms with Crippen LogP contribution in [0.25, 0.3) is 0 Å². The quantitative estimate of drug-likeness (QED) is 0.877. The van der Waals surface area contributed by atoms with Gasteiger partial charge in [0.15, 0.2) is 0 Å². The number of amides is 1. The Hall–Kier alpha value is -1.62. The molecule has 2 atom stereocenters. The molecule has 2 rings (SSSR count). The molecule has 0 aromatic heterocycles. The molecule has 0 bridgehead atoms. The number of carbonyl (C=O) groups is 1. The molecule has 1 aromatic rings. The van der Waals surface area contributed by atoms with Crippen molar-refractivity contribution in [1.29, 1.82) is 0 Å². The highest BCUT2D eigenvalue weighted by Crippen LogP contribution is 2.28. The van der Waals surface area contributed by atoms with E-state index in [2.05, 4.69) is 10.6 Å². The van der Waals surface area contributed by atoms with E-state index in [1.165, 1.54) is 19.2 Å². The molecule has 1 heterocycles. The van der Waals surface area contributed by atoms with Gasteiger partial charge in [-0.1, -0.05) is 6.92 Å². The maximum absolute atomic E-state index is 13.4. The van der Waals surface area contributed by atoms with E-state index in [0.29, 0.717) is 11.3 Å². The highest BCUT2D eigenvalue weighted by atomic mass is 19.1. The van der Waals surface area contributed by atoms with E-state index in [0.717, 1.165) is 25.8 Å². The Morgan fingerprint density at radius 3 is 2.90 bits per heavy atom. The molecule has 2 N–H and O–H groups in total. The first-order valence-corrected chi connectivity index (χ1v) is 7.42. The Morgan fingerprint density at radius 2 is 2.33 bits per heavy atom. The molecule has 0 radical (unpaired) electrons. The van der Waals surface area contributed by atoms with E-state index < -0.39 is 5.54 Å². The fourth-order valence-corrected chi connectivity index (χ4v) is 2.92. The minimum Gasteiger partial charge on any atom is -0.496 e. The molecule has 0 saturated carbocycles. The lowest BCUT2D eigenvalue weighted by Gasteiger charge is -2.29. The van der Waals surface area contributed by atoms with Crippen molar-refractivity contribution in [2.24, 2.45) is 0 Å². The van der Waals surface area contributed by atoms with Gasteiger partial charge in [0.05, 0.1) is 18.7 Å². The highest BCUT2D eigenvalue weighted by molar-refractivity contribution is 5.87. The Kier molecular flexibility index (Phi) is 4.83. The van der Waals surface area contributed by atoms with Crippen LogP contribution < -0.4 is 15.4 Å². The van der Waals surface area contributed by atoms with E-state index in [9.17, 15) is 9.18 Å². The van der Waals surface area contributed by atoms with Crippen molar-refractivity contribution in [2.75, 3.05) is 13.7 Å². The lowest BCUT2D eigenvalue weighted by Crippen LogP contribution is -2.53. The van der Waals surface area contributed by atoms with Crippen molar-refractivity contribution in [3.05, 3.63) is 29.6 Å². The average Bonchev–Trinajstić information content (AvgIpc) is 2.97. The first-order chi connectivity index (χ1) is 10.0. The largest absolute Gasteiger partial charge is 0.496 e. The zero-order chi connectivity index (χ0) is 15.5. The lowest BCUT2D eigenvalue weighted by molar-refractivity contribution is -0.128. The molecule has 5 heteroatoms. The predicted molar refractivity (Wildman–Crippen MR) is 79.8 cm³/mol. The maximum Gasteiger partial charge on any atom is 0.240 e. The van der Waals surface area contributed by atoms with E-state index in [4.69, 9.17) is 4.74 Å². The molecule has 21 heavy (non-hydrogen) atoms. The van der Waals surface area contributed by atoms with Crippen LogP contribution in [0.2, 0.25) is 0 Å². The van der Waals surface area contributed by atoms with Gasteiger partial charge in [0.1, 0.15) is 11.6 Å². The Morgan fingerprint density at radius 1 is 1.57 bits per heavy atom. The van der Waals surface area contributed by atoms with Crippen LogP contribution >= 0.6 is 0 Å². The summed E-state index contributed by atoms with van der Waals surface area (Å²) in [6, 6.07) is 4.03. The average molecular weight is 294 g/mol.